The molecule has 0 aliphatic heterocycles. The van der Waals surface area contributed by atoms with Crippen LogP contribution in [0, 0.1) is 0 Å². The van der Waals surface area contributed by atoms with E-state index >= 15 is 0 Å². The van der Waals surface area contributed by atoms with Crippen molar-refractivity contribution in [2.45, 2.75) is 32.7 Å². The van der Waals surface area contributed by atoms with Crippen molar-refractivity contribution in [3.05, 3.63) is 48.0 Å². The monoisotopic (exact) mass is 284 g/mol. The molecule has 1 heterocycles. The highest BCUT2D eigenvalue weighted by atomic mass is 19.4. The van der Waals surface area contributed by atoms with E-state index in [1.54, 1.807) is 12.5 Å². The van der Waals surface area contributed by atoms with Gasteiger partial charge in [-0.25, -0.2) is 4.98 Å². The Labute approximate surface area is 115 Å². The zero-order valence-corrected chi connectivity index (χ0v) is 11.2. The predicted octanol–water partition coefficient (Wildman–Crippen LogP) is 4.06. The second kappa shape index (κ2) is 5.56. The SMILES string of the molecule is CC(C)n1cnc(COc2ccccc2C(F)(F)F)c1. The number of hydrogen-bond donors (Lipinski definition) is 0. The summed E-state index contributed by atoms with van der Waals surface area (Å²) in [6, 6.07) is 5.41. The highest BCUT2D eigenvalue weighted by Crippen LogP contribution is 2.36. The maximum Gasteiger partial charge on any atom is 0.419 e. The van der Waals surface area contributed by atoms with Gasteiger partial charge < -0.3 is 9.30 Å². The molecule has 2 rings (SSSR count). The van der Waals surface area contributed by atoms with Crippen molar-refractivity contribution in [1.29, 1.82) is 0 Å². The summed E-state index contributed by atoms with van der Waals surface area (Å²) in [6.45, 7) is 3.99. The molecule has 0 amide bonds. The van der Waals surface area contributed by atoms with Gasteiger partial charge in [0.2, 0.25) is 0 Å². The van der Waals surface area contributed by atoms with Gasteiger partial charge in [0, 0.05) is 12.2 Å². The van der Waals surface area contributed by atoms with Gasteiger partial charge in [0.1, 0.15) is 12.4 Å². The molecular formula is C14H15F3N2O. The van der Waals surface area contributed by atoms with Gasteiger partial charge >= 0.3 is 6.18 Å². The third kappa shape index (κ3) is 3.31. The Kier molecular flexibility index (Phi) is 4.01. The van der Waals surface area contributed by atoms with Gasteiger partial charge in [0.25, 0.3) is 0 Å². The Morgan fingerprint density at radius 1 is 1.25 bits per heavy atom. The number of halogens is 3. The Morgan fingerprint density at radius 3 is 2.55 bits per heavy atom. The smallest absolute Gasteiger partial charge is 0.419 e. The van der Waals surface area contributed by atoms with E-state index in [0.717, 1.165) is 6.07 Å². The Balaban J connectivity index is 2.11. The largest absolute Gasteiger partial charge is 0.487 e. The maximum atomic E-state index is 12.8. The number of hydrogen-bond acceptors (Lipinski definition) is 2. The normalized spacial score (nSPS) is 11.9. The highest BCUT2D eigenvalue weighted by Gasteiger charge is 2.34. The molecule has 0 aliphatic carbocycles. The van der Waals surface area contributed by atoms with Crippen LogP contribution in [0.5, 0.6) is 5.75 Å². The lowest BCUT2D eigenvalue weighted by Gasteiger charge is -2.12. The fourth-order valence-corrected chi connectivity index (χ4v) is 1.71. The van der Waals surface area contributed by atoms with Crippen molar-refractivity contribution in [3.63, 3.8) is 0 Å². The van der Waals surface area contributed by atoms with E-state index < -0.39 is 11.7 Å². The minimum absolute atomic E-state index is 0.00676. The number of alkyl halides is 3. The van der Waals surface area contributed by atoms with Gasteiger partial charge in [-0.15, -0.1) is 0 Å². The molecule has 0 unspecified atom stereocenters. The average molecular weight is 284 g/mol. The van der Waals surface area contributed by atoms with Crippen molar-refractivity contribution >= 4 is 0 Å². The molecule has 0 saturated carbocycles. The van der Waals surface area contributed by atoms with Crippen LogP contribution in [0.25, 0.3) is 0 Å². The molecule has 0 saturated heterocycles. The number of aromatic nitrogens is 2. The molecule has 0 spiro atoms. The van der Waals surface area contributed by atoms with E-state index in [0.29, 0.717) is 5.69 Å². The van der Waals surface area contributed by atoms with Gasteiger partial charge in [-0.05, 0) is 26.0 Å². The lowest BCUT2D eigenvalue weighted by Crippen LogP contribution is -2.08. The van der Waals surface area contributed by atoms with Crippen LogP contribution in [0.2, 0.25) is 0 Å². The van der Waals surface area contributed by atoms with Gasteiger partial charge in [0.15, 0.2) is 0 Å². The first-order valence-electron chi connectivity index (χ1n) is 6.19. The number of ether oxygens (including phenoxy) is 1. The topological polar surface area (TPSA) is 27.1 Å². The first-order valence-corrected chi connectivity index (χ1v) is 6.19. The zero-order valence-electron chi connectivity index (χ0n) is 11.2. The molecule has 1 aromatic heterocycles. The summed E-state index contributed by atoms with van der Waals surface area (Å²) in [5.74, 6) is -0.181. The van der Waals surface area contributed by atoms with Crippen LogP contribution in [0.1, 0.15) is 31.1 Å². The molecule has 2 aromatic rings. The second-order valence-corrected chi connectivity index (χ2v) is 4.69. The quantitative estimate of drug-likeness (QED) is 0.846. The molecule has 6 heteroatoms. The molecule has 108 valence electrons. The van der Waals surface area contributed by atoms with Gasteiger partial charge in [0.05, 0.1) is 17.6 Å². The standard InChI is InChI=1S/C14H15F3N2O/c1-10(2)19-7-11(18-9-19)8-20-13-6-4-3-5-12(13)14(15,16)17/h3-7,9-10H,8H2,1-2H3. The van der Waals surface area contributed by atoms with Crippen LogP contribution in [0.4, 0.5) is 13.2 Å². The number of imidazole rings is 1. The minimum Gasteiger partial charge on any atom is -0.487 e. The van der Waals surface area contributed by atoms with Crippen molar-refractivity contribution in [1.82, 2.24) is 9.55 Å². The Morgan fingerprint density at radius 2 is 1.95 bits per heavy atom. The van der Waals surface area contributed by atoms with Crippen LogP contribution < -0.4 is 4.74 Å². The molecular weight excluding hydrogens is 269 g/mol. The Bertz CT molecular complexity index is 576. The van der Waals surface area contributed by atoms with Crippen molar-refractivity contribution in [2.75, 3.05) is 0 Å². The van der Waals surface area contributed by atoms with Crippen LogP contribution in [0.3, 0.4) is 0 Å². The zero-order chi connectivity index (χ0) is 14.8. The molecule has 0 N–H and O–H groups in total. The summed E-state index contributed by atoms with van der Waals surface area (Å²) in [7, 11) is 0. The first kappa shape index (κ1) is 14.4. The first-order chi connectivity index (χ1) is 9.38. The van der Waals surface area contributed by atoms with E-state index in [9.17, 15) is 13.2 Å². The molecule has 0 fully saturated rings. The minimum atomic E-state index is -4.42. The number of para-hydroxylation sites is 1. The van der Waals surface area contributed by atoms with E-state index in [-0.39, 0.29) is 18.4 Å². The summed E-state index contributed by atoms with van der Waals surface area (Å²) in [6.07, 6.45) is -1.02. The van der Waals surface area contributed by atoms with E-state index in [1.165, 1.54) is 18.2 Å². The molecule has 0 atom stereocenters. The lowest BCUT2D eigenvalue weighted by molar-refractivity contribution is -0.139. The van der Waals surface area contributed by atoms with Crippen LogP contribution in [0.15, 0.2) is 36.8 Å². The maximum absolute atomic E-state index is 12.8. The van der Waals surface area contributed by atoms with Crippen molar-refractivity contribution in [3.8, 4) is 5.75 Å². The van der Waals surface area contributed by atoms with Gasteiger partial charge in [-0.3, -0.25) is 0 Å². The summed E-state index contributed by atoms with van der Waals surface area (Å²) in [5.41, 5.74) is -0.182. The van der Waals surface area contributed by atoms with Gasteiger partial charge in [-0.2, -0.15) is 13.2 Å². The highest BCUT2D eigenvalue weighted by molar-refractivity contribution is 5.35. The van der Waals surface area contributed by atoms with Gasteiger partial charge in [-0.1, -0.05) is 12.1 Å². The van der Waals surface area contributed by atoms with E-state index in [1.807, 2.05) is 18.4 Å². The molecule has 0 aliphatic rings. The summed E-state index contributed by atoms with van der Waals surface area (Å²) < 4.78 is 45.5. The molecule has 20 heavy (non-hydrogen) atoms. The number of benzene rings is 1. The molecule has 3 nitrogen and oxygen atoms in total. The van der Waals surface area contributed by atoms with Crippen LogP contribution >= 0.6 is 0 Å². The van der Waals surface area contributed by atoms with E-state index in [2.05, 4.69) is 4.98 Å². The predicted molar refractivity (Wildman–Crippen MR) is 68.4 cm³/mol. The summed E-state index contributed by atoms with van der Waals surface area (Å²) in [5, 5.41) is 0. The number of nitrogens with zero attached hydrogens (tertiary/aromatic N) is 2. The van der Waals surface area contributed by atoms with Crippen LogP contribution in [-0.4, -0.2) is 9.55 Å². The summed E-state index contributed by atoms with van der Waals surface area (Å²) in [4.78, 5) is 4.10. The third-order valence-corrected chi connectivity index (χ3v) is 2.82. The van der Waals surface area contributed by atoms with Crippen molar-refractivity contribution in [2.24, 2.45) is 0 Å². The third-order valence-electron chi connectivity index (χ3n) is 2.82. The second-order valence-electron chi connectivity index (χ2n) is 4.69. The average Bonchev–Trinajstić information content (AvgIpc) is 2.84. The lowest BCUT2D eigenvalue weighted by atomic mass is 10.2. The van der Waals surface area contributed by atoms with Crippen LogP contribution in [-0.2, 0) is 12.8 Å². The van der Waals surface area contributed by atoms with Crippen molar-refractivity contribution < 1.29 is 17.9 Å². The molecule has 0 bridgehead atoms. The summed E-state index contributed by atoms with van der Waals surface area (Å²) >= 11 is 0. The Hall–Kier alpha value is -1.98. The fraction of sp³-hybridized carbons (Fsp3) is 0.357. The molecule has 1 aromatic carbocycles. The molecule has 0 radical (unpaired) electrons. The fourth-order valence-electron chi connectivity index (χ4n) is 1.71. The number of rotatable bonds is 4. The van der Waals surface area contributed by atoms with E-state index in [4.69, 9.17) is 4.74 Å².